The minimum absolute atomic E-state index is 0.140. The number of azo groups is 1. The van der Waals surface area contributed by atoms with Crippen LogP contribution in [0.3, 0.4) is 0 Å². The van der Waals surface area contributed by atoms with Crippen LogP contribution in [0.1, 0.15) is 26.3 Å². The molecule has 2 aromatic rings. The van der Waals surface area contributed by atoms with E-state index in [0.717, 1.165) is 5.56 Å². The average Bonchev–Trinajstić information content (AvgIpc) is 2.46. The zero-order valence-corrected chi connectivity index (χ0v) is 12.5. The third-order valence-electron chi connectivity index (χ3n) is 2.69. The molecule has 0 atom stereocenters. The van der Waals surface area contributed by atoms with Crippen molar-refractivity contribution in [3.05, 3.63) is 59.2 Å². The van der Waals surface area contributed by atoms with Gasteiger partial charge in [0.05, 0.1) is 11.4 Å². The number of rotatable bonds is 4. The van der Waals surface area contributed by atoms with E-state index < -0.39 is 10.5 Å². The number of hydrogen-bond donors (Lipinski definition) is 0. The van der Waals surface area contributed by atoms with Gasteiger partial charge in [-0.05, 0) is 60.5 Å². The predicted octanol–water partition coefficient (Wildman–Crippen LogP) is 5.17. The first kappa shape index (κ1) is 15.4. The SMILES string of the molecule is Cc1ccc(N=Nc2cc(C(=O)Cl)cc(C(=O)Cl)c2)cc1. The standard InChI is InChI=1S/C15H10Cl2N2O2/c1-9-2-4-12(5-3-9)18-19-13-7-10(14(16)20)6-11(8-13)15(17)21/h2-8H,1H3. The van der Waals surface area contributed by atoms with E-state index in [1.807, 2.05) is 31.2 Å². The molecule has 0 aliphatic heterocycles. The lowest BCUT2D eigenvalue weighted by molar-refractivity contribution is 0.108. The van der Waals surface area contributed by atoms with E-state index >= 15 is 0 Å². The fourth-order valence-electron chi connectivity index (χ4n) is 1.62. The molecule has 0 spiro atoms. The van der Waals surface area contributed by atoms with Crippen LogP contribution in [0, 0.1) is 6.92 Å². The van der Waals surface area contributed by atoms with Gasteiger partial charge >= 0.3 is 0 Å². The summed E-state index contributed by atoms with van der Waals surface area (Å²) in [6, 6.07) is 11.6. The van der Waals surface area contributed by atoms with Crippen molar-refractivity contribution in [3.63, 3.8) is 0 Å². The molecule has 21 heavy (non-hydrogen) atoms. The zero-order chi connectivity index (χ0) is 15.4. The van der Waals surface area contributed by atoms with Crippen molar-refractivity contribution in [1.29, 1.82) is 0 Å². The van der Waals surface area contributed by atoms with Gasteiger partial charge in [-0.1, -0.05) is 17.7 Å². The minimum atomic E-state index is -0.693. The Labute approximate surface area is 131 Å². The summed E-state index contributed by atoms with van der Waals surface area (Å²) in [5.74, 6) is 0. The molecule has 0 aliphatic carbocycles. The van der Waals surface area contributed by atoms with Crippen LogP contribution in [0.2, 0.25) is 0 Å². The molecular formula is C15H10Cl2N2O2. The second kappa shape index (κ2) is 6.61. The summed E-state index contributed by atoms with van der Waals surface area (Å²) in [6.07, 6.45) is 0. The molecular weight excluding hydrogens is 311 g/mol. The molecule has 0 radical (unpaired) electrons. The molecule has 0 aromatic heterocycles. The summed E-state index contributed by atoms with van der Waals surface area (Å²) in [5.41, 5.74) is 2.37. The van der Waals surface area contributed by atoms with Crippen molar-refractivity contribution in [2.24, 2.45) is 10.2 Å². The van der Waals surface area contributed by atoms with Crippen molar-refractivity contribution >= 4 is 45.1 Å². The molecule has 0 amide bonds. The Morgan fingerprint density at radius 2 is 1.29 bits per heavy atom. The molecule has 2 rings (SSSR count). The normalized spacial score (nSPS) is 10.8. The number of nitrogens with zero attached hydrogens (tertiary/aromatic N) is 2. The van der Waals surface area contributed by atoms with Crippen molar-refractivity contribution in [2.75, 3.05) is 0 Å². The summed E-state index contributed by atoms with van der Waals surface area (Å²) in [6.45, 7) is 1.97. The van der Waals surface area contributed by atoms with Crippen LogP contribution in [0.4, 0.5) is 11.4 Å². The Morgan fingerprint density at radius 3 is 1.76 bits per heavy atom. The first-order valence-corrected chi connectivity index (χ1v) is 6.74. The topological polar surface area (TPSA) is 58.9 Å². The van der Waals surface area contributed by atoms with Gasteiger partial charge in [0, 0.05) is 11.1 Å². The number of benzene rings is 2. The predicted molar refractivity (Wildman–Crippen MR) is 82.2 cm³/mol. The van der Waals surface area contributed by atoms with Gasteiger partial charge in [0.15, 0.2) is 0 Å². The largest absolute Gasteiger partial charge is 0.276 e. The second-order valence-electron chi connectivity index (χ2n) is 4.35. The van der Waals surface area contributed by atoms with E-state index in [4.69, 9.17) is 23.2 Å². The smallest absolute Gasteiger partial charge is 0.252 e. The molecule has 4 nitrogen and oxygen atoms in total. The summed E-state index contributed by atoms with van der Waals surface area (Å²) in [7, 11) is 0. The van der Waals surface area contributed by atoms with Gasteiger partial charge in [-0.25, -0.2) is 0 Å². The van der Waals surface area contributed by atoms with Gasteiger partial charge in [-0.3, -0.25) is 9.59 Å². The van der Waals surface area contributed by atoms with Crippen LogP contribution in [-0.4, -0.2) is 10.5 Å². The van der Waals surface area contributed by atoms with Crippen LogP contribution in [0.25, 0.3) is 0 Å². The second-order valence-corrected chi connectivity index (χ2v) is 5.04. The van der Waals surface area contributed by atoms with E-state index in [2.05, 4.69) is 10.2 Å². The highest BCUT2D eigenvalue weighted by Crippen LogP contribution is 2.23. The molecule has 0 bridgehead atoms. The summed E-state index contributed by atoms with van der Waals surface area (Å²) >= 11 is 10.8. The third kappa shape index (κ3) is 4.21. The van der Waals surface area contributed by atoms with E-state index in [1.54, 1.807) is 0 Å². The van der Waals surface area contributed by atoms with Gasteiger partial charge in [0.25, 0.3) is 10.5 Å². The molecule has 0 unspecified atom stereocenters. The molecule has 0 saturated heterocycles. The van der Waals surface area contributed by atoms with Crippen LogP contribution in [0.15, 0.2) is 52.7 Å². The Hall–Kier alpha value is -2.04. The number of aryl methyl sites for hydroxylation is 1. The average molecular weight is 321 g/mol. The highest BCUT2D eigenvalue weighted by Gasteiger charge is 2.10. The molecule has 0 N–H and O–H groups in total. The van der Waals surface area contributed by atoms with Crippen LogP contribution in [-0.2, 0) is 0 Å². The van der Waals surface area contributed by atoms with Crippen molar-refractivity contribution < 1.29 is 9.59 Å². The number of hydrogen-bond acceptors (Lipinski definition) is 4. The maximum absolute atomic E-state index is 11.2. The van der Waals surface area contributed by atoms with Crippen LogP contribution in [0.5, 0.6) is 0 Å². The fourth-order valence-corrected chi connectivity index (χ4v) is 1.84. The molecule has 0 aliphatic rings. The Morgan fingerprint density at radius 1 is 0.810 bits per heavy atom. The van der Waals surface area contributed by atoms with E-state index in [0.29, 0.717) is 11.4 Å². The Bertz CT molecular complexity index is 693. The number of carbonyl (C=O) groups is 2. The number of carbonyl (C=O) groups excluding carboxylic acids is 2. The lowest BCUT2D eigenvalue weighted by atomic mass is 10.1. The van der Waals surface area contributed by atoms with E-state index in [-0.39, 0.29) is 11.1 Å². The summed E-state index contributed by atoms with van der Waals surface area (Å²) in [5, 5.41) is 6.64. The van der Waals surface area contributed by atoms with Gasteiger partial charge in [0.2, 0.25) is 0 Å². The highest BCUT2D eigenvalue weighted by molar-refractivity contribution is 6.69. The molecule has 6 heteroatoms. The first-order chi connectivity index (χ1) is 9.95. The van der Waals surface area contributed by atoms with E-state index in [1.165, 1.54) is 18.2 Å². The van der Waals surface area contributed by atoms with Gasteiger partial charge in [-0.2, -0.15) is 10.2 Å². The fraction of sp³-hybridized carbons (Fsp3) is 0.0667. The lowest BCUT2D eigenvalue weighted by Crippen LogP contribution is -1.94. The van der Waals surface area contributed by atoms with Gasteiger partial charge in [-0.15, -0.1) is 0 Å². The maximum atomic E-state index is 11.2. The van der Waals surface area contributed by atoms with Crippen molar-refractivity contribution in [2.45, 2.75) is 6.92 Å². The van der Waals surface area contributed by atoms with Crippen molar-refractivity contribution in [1.82, 2.24) is 0 Å². The Balaban J connectivity index is 2.36. The summed E-state index contributed by atoms with van der Waals surface area (Å²) < 4.78 is 0. The zero-order valence-electron chi connectivity index (χ0n) is 11.0. The van der Waals surface area contributed by atoms with Gasteiger partial charge < -0.3 is 0 Å². The first-order valence-electron chi connectivity index (χ1n) is 5.99. The maximum Gasteiger partial charge on any atom is 0.252 e. The molecule has 2 aromatic carbocycles. The molecule has 0 saturated carbocycles. The molecule has 0 fully saturated rings. The van der Waals surface area contributed by atoms with Crippen LogP contribution >= 0.6 is 23.2 Å². The number of halogens is 2. The van der Waals surface area contributed by atoms with E-state index in [9.17, 15) is 9.59 Å². The van der Waals surface area contributed by atoms with Gasteiger partial charge in [0.1, 0.15) is 0 Å². The lowest BCUT2D eigenvalue weighted by Gasteiger charge is -2.00. The highest BCUT2D eigenvalue weighted by atomic mass is 35.5. The third-order valence-corrected chi connectivity index (χ3v) is 3.12. The van der Waals surface area contributed by atoms with Crippen molar-refractivity contribution in [3.8, 4) is 0 Å². The molecule has 0 heterocycles. The summed E-state index contributed by atoms with van der Waals surface area (Å²) in [4.78, 5) is 22.4. The monoisotopic (exact) mass is 320 g/mol. The minimum Gasteiger partial charge on any atom is -0.276 e. The Kier molecular flexibility index (Phi) is 4.83. The quantitative estimate of drug-likeness (QED) is 0.576. The molecule has 106 valence electrons. The van der Waals surface area contributed by atoms with Crippen LogP contribution < -0.4 is 0 Å².